The fraction of sp³-hybridized carbons (Fsp3) is 0.174. The third-order valence-corrected chi connectivity index (χ3v) is 3.94. The Hall–Kier alpha value is -3.27. The van der Waals surface area contributed by atoms with Crippen molar-refractivity contribution in [3.05, 3.63) is 84.5 Å². The molecule has 0 unspecified atom stereocenters. The molecule has 0 aromatic heterocycles. The summed E-state index contributed by atoms with van der Waals surface area (Å²) in [5.74, 6) is 1.96. The summed E-state index contributed by atoms with van der Waals surface area (Å²) in [4.78, 5) is 12.5. The molecule has 27 heavy (non-hydrogen) atoms. The second kappa shape index (κ2) is 10.0. The van der Waals surface area contributed by atoms with E-state index in [4.69, 9.17) is 14.2 Å². The van der Waals surface area contributed by atoms with Crippen molar-refractivity contribution in [2.24, 2.45) is 0 Å². The second-order valence-corrected chi connectivity index (χ2v) is 5.71. The van der Waals surface area contributed by atoms with E-state index in [-0.39, 0.29) is 5.78 Å². The molecule has 0 atom stereocenters. The van der Waals surface area contributed by atoms with Crippen molar-refractivity contribution in [2.45, 2.75) is 6.42 Å². The van der Waals surface area contributed by atoms with Gasteiger partial charge in [0, 0.05) is 17.2 Å². The van der Waals surface area contributed by atoms with Gasteiger partial charge in [-0.05, 0) is 48.4 Å². The normalized spacial score (nSPS) is 10.4. The lowest BCUT2D eigenvalue weighted by Gasteiger charge is -2.13. The van der Waals surface area contributed by atoms with Gasteiger partial charge in [0.25, 0.3) is 0 Å². The summed E-state index contributed by atoms with van der Waals surface area (Å²) < 4.78 is 16.2. The van der Waals surface area contributed by atoms with E-state index in [0.717, 1.165) is 11.1 Å². The smallest absolute Gasteiger partial charge is 0.185 e. The fourth-order valence-corrected chi connectivity index (χ4v) is 2.58. The maximum atomic E-state index is 12.5. The Kier molecular flexibility index (Phi) is 7.44. The molecular formula is C23H24O4. The number of hydrogen-bond donors (Lipinski definition) is 0. The van der Waals surface area contributed by atoms with Crippen LogP contribution in [0.3, 0.4) is 0 Å². The maximum absolute atomic E-state index is 12.5. The van der Waals surface area contributed by atoms with Crippen LogP contribution in [0.1, 0.15) is 21.5 Å². The van der Waals surface area contributed by atoms with E-state index >= 15 is 0 Å². The lowest BCUT2D eigenvalue weighted by Crippen LogP contribution is -1.98. The van der Waals surface area contributed by atoms with Gasteiger partial charge in [-0.2, -0.15) is 0 Å². The average Bonchev–Trinajstić information content (AvgIpc) is 2.71. The van der Waals surface area contributed by atoms with Gasteiger partial charge in [-0.1, -0.05) is 24.8 Å². The van der Waals surface area contributed by atoms with Crippen molar-refractivity contribution in [3.63, 3.8) is 0 Å². The molecule has 0 aliphatic heterocycles. The predicted molar refractivity (Wildman–Crippen MR) is 109 cm³/mol. The first kappa shape index (κ1) is 20.0. The van der Waals surface area contributed by atoms with Crippen molar-refractivity contribution in [1.29, 1.82) is 0 Å². The fourth-order valence-electron chi connectivity index (χ4n) is 2.58. The molecule has 140 valence electrons. The topological polar surface area (TPSA) is 44.8 Å². The monoisotopic (exact) mass is 364 g/mol. The molecule has 0 saturated carbocycles. The standard InChI is InChI=1S/C23H24O4/c1-5-7-21-18(15-20(25-3)16-23(21)26-4)10-13-22(24)17-8-11-19(12-9-17)27-14-6-2/h5-6,8-13,15-16H,1-2,7,14H2,3-4H3. The van der Waals surface area contributed by atoms with Crippen LogP contribution in [0.5, 0.6) is 17.2 Å². The summed E-state index contributed by atoms with van der Waals surface area (Å²) >= 11 is 0. The number of ketones is 1. The number of hydrogen-bond acceptors (Lipinski definition) is 4. The number of rotatable bonds is 10. The summed E-state index contributed by atoms with van der Waals surface area (Å²) in [5.41, 5.74) is 2.38. The van der Waals surface area contributed by atoms with Crippen LogP contribution in [-0.2, 0) is 6.42 Å². The SMILES string of the molecule is C=CCOc1ccc(C(=O)C=Cc2cc(OC)cc(OC)c2CC=C)cc1. The Bertz CT molecular complexity index is 832. The van der Waals surface area contributed by atoms with Crippen LogP contribution in [0.15, 0.2) is 67.8 Å². The minimum atomic E-state index is -0.100. The van der Waals surface area contributed by atoms with Gasteiger partial charge in [-0.25, -0.2) is 0 Å². The van der Waals surface area contributed by atoms with Gasteiger partial charge in [0.2, 0.25) is 0 Å². The van der Waals surface area contributed by atoms with Crippen LogP contribution in [0.2, 0.25) is 0 Å². The van der Waals surface area contributed by atoms with Gasteiger partial charge in [0.1, 0.15) is 23.9 Å². The summed E-state index contributed by atoms with van der Waals surface area (Å²) in [5, 5.41) is 0. The van der Waals surface area contributed by atoms with Crippen molar-refractivity contribution >= 4 is 11.9 Å². The zero-order chi connectivity index (χ0) is 19.6. The highest BCUT2D eigenvalue weighted by Crippen LogP contribution is 2.30. The number of carbonyl (C=O) groups is 1. The Labute approximate surface area is 160 Å². The highest BCUT2D eigenvalue weighted by Gasteiger charge is 2.10. The van der Waals surface area contributed by atoms with Gasteiger partial charge in [0.15, 0.2) is 5.78 Å². The lowest BCUT2D eigenvalue weighted by atomic mass is 10.0. The number of carbonyl (C=O) groups excluding carboxylic acids is 1. The number of allylic oxidation sites excluding steroid dienone is 2. The Morgan fingerprint density at radius 3 is 2.33 bits per heavy atom. The molecule has 0 N–H and O–H groups in total. The summed E-state index contributed by atoms with van der Waals surface area (Å²) in [7, 11) is 3.20. The third kappa shape index (κ3) is 5.35. The summed E-state index contributed by atoms with van der Waals surface area (Å²) in [6, 6.07) is 10.7. The molecule has 0 radical (unpaired) electrons. The number of benzene rings is 2. The first-order chi connectivity index (χ1) is 13.1. The molecule has 2 aromatic rings. The molecule has 2 rings (SSSR count). The zero-order valence-electron chi connectivity index (χ0n) is 15.7. The van der Waals surface area contributed by atoms with Crippen LogP contribution >= 0.6 is 0 Å². The lowest BCUT2D eigenvalue weighted by molar-refractivity contribution is 0.104. The molecule has 0 bridgehead atoms. The first-order valence-corrected chi connectivity index (χ1v) is 8.54. The minimum absolute atomic E-state index is 0.100. The molecule has 0 heterocycles. The van der Waals surface area contributed by atoms with Gasteiger partial charge >= 0.3 is 0 Å². The second-order valence-electron chi connectivity index (χ2n) is 5.71. The Morgan fingerprint density at radius 1 is 1.00 bits per heavy atom. The highest BCUT2D eigenvalue weighted by molar-refractivity contribution is 6.07. The number of ether oxygens (including phenoxy) is 3. The van der Waals surface area contributed by atoms with Crippen molar-refractivity contribution in [3.8, 4) is 17.2 Å². The predicted octanol–water partition coefficient (Wildman–Crippen LogP) is 4.89. The van der Waals surface area contributed by atoms with Gasteiger partial charge in [0.05, 0.1) is 14.2 Å². The van der Waals surface area contributed by atoms with Crippen LogP contribution in [0.25, 0.3) is 6.08 Å². The van der Waals surface area contributed by atoms with Crippen LogP contribution < -0.4 is 14.2 Å². The first-order valence-electron chi connectivity index (χ1n) is 8.54. The largest absolute Gasteiger partial charge is 0.497 e. The van der Waals surface area contributed by atoms with Crippen molar-refractivity contribution in [1.82, 2.24) is 0 Å². The van der Waals surface area contributed by atoms with Crippen LogP contribution in [0.4, 0.5) is 0 Å². The van der Waals surface area contributed by atoms with Gasteiger partial charge < -0.3 is 14.2 Å². The molecular weight excluding hydrogens is 340 g/mol. The van der Waals surface area contributed by atoms with Gasteiger partial charge in [-0.15, -0.1) is 6.58 Å². The van der Waals surface area contributed by atoms with E-state index in [0.29, 0.717) is 35.8 Å². The van der Waals surface area contributed by atoms with Crippen LogP contribution in [0, 0.1) is 0 Å². The van der Waals surface area contributed by atoms with E-state index in [1.54, 1.807) is 62.8 Å². The van der Waals surface area contributed by atoms with E-state index in [9.17, 15) is 4.79 Å². The maximum Gasteiger partial charge on any atom is 0.185 e. The molecule has 0 amide bonds. The molecule has 0 aliphatic carbocycles. The molecule has 0 aliphatic rings. The van der Waals surface area contributed by atoms with E-state index in [2.05, 4.69) is 13.2 Å². The summed E-state index contributed by atoms with van der Waals surface area (Å²) in [6.07, 6.45) is 7.40. The minimum Gasteiger partial charge on any atom is -0.497 e. The van der Waals surface area contributed by atoms with E-state index < -0.39 is 0 Å². The molecule has 0 fully saturated rings. The van der Waals surface area contributed by atoms with E-state index in [1.165, 1.54) is 0 Å². The molecule has 0 spiro atoms. The molecule has 2 aromatic carbocycles. The Balaban J connectivity index is 2.26. The molecule has 0 saturated heterocycles. The number of methoxy groups -OCH3 is 2. The quantitative estimate of drug-likeness (QED) is 0.342. The highest BCUT2D eigenvalue weighted by atomic mass is 16.5. The third-order valence-electron chi connectivity index (χ3n) is 3.94. The van der Waals surface area contributed by atoms with E-state index in [1.807, 2.05) is 12.1 Å². The summed E-state index contributed by atoms with van der Waals surface area (Å²) in [6.45, 7) is 7.83. The van der Waals surface area contributed by atoms with Gasteiger partial charge in [-0.3, -0.25) is 4.79 Å². The van der Waals surface area contributed by atoms with Crippen molar-refractivity contribution in [2.75, 3.05) is 20.8 Å². The van der Waals surface area contributed by atoms with Crippen LogP contribution in [-0.4, -0.2) is 26.6 Å². The van der Waals surface area contributed by atoms with Crippen molar-refractivity contribution < 1.29 is 19.0 Å². The average molecular weight is 364 g/mol. The Morgan fingerprint density at radius 2 is 1.74 bits per heavy atom. The molecule has 4 heteroatoms. The molecule has 4 nitrogen and oxygen atoms in total. The zero-order valence-corrected chi connectivity index (χ0v) is 15.7.